The molecule has 1 saturated heterocycles. The number of carbonyl (C=O) groups is 2. The Morgan fingerprint density at radius 3 is 2.58 bits per heavy atom. The quantitative estimate of drug-likeness (QED) is 0.386. The molecule has 38 heavy (non-hydrogen) atoms. The summed E-state index contributed by atoms with van der Waals surface area (Å²) in [4.78, 5) is 46.9. The number of ether oxygens (including phenoxy) is 1. The molecular formula is C27H30N8O3. The van der Waals surface area contributed by atoms with Crippen LogP contribution in [0.25, 0.3) is 22.3 Å². The van der Waals surface area contributed by atoms with Crippen LogP contribution in [-0.4, -0.2) is 100 Å². The first-order valence-electron chi connectivity index (χ1n) is 12.4. The smallest absolute Gasteiger partial charge is 0.270 e. The van der Waals surface area contributed by atoms with Crippen molar-refractivity contribution < 1.29 is 14.3 Å². The molecular weight excluding hydrogens is 484 g/mol. The van der Waals surface area contributed by atoms with Crippen molar-refractivity contribution in [3.63, 3.8) is 0 Å². The highest BCUT2D eigenvalue weighted by molar-refractivity contribution is 5.98. The van der Waals surface area contributed by atoms with E-state index in [0.717, 1.165) is 42.8 Å². The number of aromatic amines is 1. The Morgan fingerprint density at radius 1 is 1.00 bits per heavy atom. The van der Waals surface area contributed by atoms with Gasteiger partial charge in [0.25, 0.3) is 11.8 Å². The molecule has 1 fully saturated rings. The van der Waals surface area contributed by atoms with Gasteiger partial charge in [0, 0.05) is 75.3 Å². The highest BCUT2D eigenvalue weighted by Gasteiger charge is 2.21. The monoisotopic (exact) mass is 514 g/mol. The van der Waals surface area contributed by atoms with Gasteiger partial charge in [-0.3, -0.25) is 14.6 Å². The number of benzene rings is 1. The molecule has 5 rings (SSSR count). The van der Waals surface area contributed by atoms with Gasteiger partial charge in [0.15, 0.2) is 6.61 Å². The van der Waals surface area contributed by atoms with Crippen LogP contribution in [0.1, 0.15) is 10.5 Å². The predicted molar refractivity (Wildman–Crippen MR) is 144 cm³/mol. The fourth-order valence-electron chi connectivity index (χ4n) is 4.11. The van der Waals surface area contributed by atoms with Crippen molar-refractivity contribution in [3.05, 3.63) is 60.6 Å². The number of amides is 2. The van der Waals surface area contributed by atoms with Crippen LogP contribution in [0.5, 0.6) is 5.75 Å². The molecule has 0 unspecified atom stereocenters. The Balaban J connectivity index is 1.29. The number of nitrogens with zero attached hydrogens (tertiary/aromatic N) is 6. The second-order valence-corrected chi connectivity index (χ2v) is 9.42. The Hall–Kier alpha value is -4.51. The Kier molecular flexibility index (Phi) is 7.18. The summed E-state index contributed by atoms with van der Waals surface area (Å²) in [5.74, 6) is 0.817. The Labute approximate surface area is 220 Å². The van der Waals surface area contributed by atoms with E-state index < -0.39 is 0 Å². The second kappa shape index (κ2) is 10.9. The summed E-state index contributed by atoms with van der Waals surface area (Å²) in [6.07, 6.45) is 3.26. The van der Waals surface area contributed by atoms with Gasteiger partial charge in [0.2, 0.25) is 5.95 Å². The number of likely N-dealkylation sites (N-methyl/N-ethyl adjacent to an activating group) is 2. The van der Waals surface area contributed by atoms with Crippen LogP contribution in [0.3, 0.4) is 0 Å². The Morgan fingerprint density at radius 2 is 1.79 bits per heavy atom. The predicted octanol–water partition coefficient (Wildman–Crippen LogP) is 2.62. The first-order chi connectivity index (χ1) is 18.4. The van der Waals surface area contributed by atoms with Crippen LogP contribution < -0.4 is 10.1 Å². The first-order valence-corrected chi connectivity index (χ1v) is 12.4. The third kappa shape index (κ3) is 5.73. The topological polar surface area (TPSA) is 120 Å². The van der Waals surface area contributed by atoms with Crippen molar-refractivity contribution in [1.82, 2.24) is 34.6 Å². The number of fused-ring (bicyclic) bond motifs is 1. The van der Waals surface area contributed by atoms with Gasteiger partial charge in [-0.25, -0.2) is 9.97 Å². The highest BCUT2D eigenvalue weighted by Crippen LogP contribution is 2.25. The molecule has 1 aromatic carbocycles. The van der Waals surface area contributed by atoms with Crippen LogP contribution in [-0.2, 0) is 4.79 Å². The molecule has 196 valence electrons. The zero-order valence-electron chi connectivity index (χ0n) is 21.6. The van der Waals surface area contributed by atoms with Crippen LogP contribution in [0.2, 0.25) is 0 Å². The Bertz CT molecular complexity index is 1460. The van der Waals surface area contributed by atoms with Gasteiger partial charge < -0.3 is 29.7 Å². The fourth-order valence-corrected chi connectivity index (χ4v) is 4.11. The minimum atomic E-state index is -0.132. The zero-order chi connectivity index (χ0) is 26.6. The molecule has 1 aliphatic heterocycles. The van der Waals surface area contributed by atoms with E-state index in [9.17, 15) is 9.59 Å². The fraction of sp³-hybridized carbons (Fsp3) is 0.296. The molecule has 0 aliphatic carbocycles. The lowest BCUT2D eigenvalue weighted by molar-refractivity contribution is -0.130. The van der Waals surface area contributed by atoms with Gasteiger partial charge in [-0.1, -0.05) is 0 Å². The third-order valence-electron chi connectivity index (χ3n) is 6.41. The zero-order valence-corrected chi connectivity index (χ0v) is 21.6. The minimum Gasteiger partial charge on any atom is -0.484 e. The van der Waals surface area contributed by atoms with E-state index in [1.807, 2.05) is 29.2 Å². The number of piperazine rings is 1. The molecule has 0 spiro atoms. The van der Waals surface area contributed by atoms with Gasteiger partial charge in [-0.05, 0) is 43.4 Å². The molecule has 2 N–H and O–H groups in total. The molecule has 3 aromatic heterocycles. The first kappa shape index (κ1) is 25.2. The summed E-state index contributed by atoms with van der Waals surface area (Å²) in [5.41, 5.74) is 3.46. The van der Waals surface area contributed by atoms with Crippen LogP contribution in [0.15, 0.2) is 54.9 Å². The second-order valence-electron chi connectivity index (χ2n) is 9.42. The average Bonchev–Trinajstić information content (AvgIpc) is 3.35. The summed E-state index contributed by atoms with van der Waals surface area (Å²) in [5, 5.41) is 4.15. The summed E-state index contributed by atoms with van der Waals surface area (Å²) in [7, 11) is 5.43. The van der Waals surface area contributed by atoms with Crippen molar-refractivity contribution in [1.29, 1.82) is 0 Å². The molecule has 0 saturated carbocycles. The number of rotatable bonds is 7. The third-order valence-corrected chi connectivity index (χ3v) is 6.41. The maximum absolute atomic E-state index is 13.0. The van der Waals surface area contributed by atoms with E-state index in [-0.39, 0.29) is 18.4 Å². The summed E-state index contributed by atoms with van der Waals surface area (Å²) in [6.45, 7) is 3.15. The largest absolute Gasteiger partial charge is 0.484 e. The molecule has 0 atom stereocenters. The van der Waals surface area contributed by atoms with Crippen LogP contribution >= 0.6 is 0 Å². The molecule has 4 heterocycles. The lowest BCUT2D eigenvalue weighted by Crippen LogP contribution is -2.47. The number of pyridine rings is 1. The number of aromatic nitrogens is 4. The van der Waals surface area contributed by atoms with Crippen molar-refractivity contribution in [2.45, 2.75) is 0 Å². The average molecular weight is 515 g/mol. The number of hydrogen-bond donors (Lipinski definition) is 2. The van der Waals surface area contributed by atoms with E-state index in [1.165, 1.54) is 4.90 Å². The van der Waals surface area contributed by atoms with E-state index >= 15 is 0 Å². The van der Waals surface area contributed by atoms with Crippen molar-refractivity contribution >= 4 is 34.4 Å². The standard InChI is InChI=1S/C27H30N8O3/c1-33(2)25(36)17-38-20-6-8-28-23(16-20)22-7-9-29-27(32-22)30-19-4-5-21-18(14-19)15-24(31-21)26(37)35-12-10-34(3)11-13-35/h4-9,14-16,31H,10-13,17H2,1-3H3,(H,29,30,32). The maximum atomic E-state index is 13.0. The highest BCUT2D eigenvalue weighted by atomic mass is 16.5. The SMILES string of the molecule is CN1CCN(C(=O)c2cc3cc(Nc4nccc(-c5cc(OCC(=O)N(C)C)ccn5)n4)ccc3[nH]2)CC1. The van der Waals surface area contributed by atoms with Crippen LogP contribution in [0, 0.1) is 0 Å². The summed E-state index contributed by atoms with van der Waals surface area (Å²) >= 11 is 0. The van der Waals surface area contributed by atoms with Gasteiger partial charge in [-0.2, -0.15) is 0 Å². The summed E-state index contributed by atoms with van der Waals surface area (Å²) < 4.78 is 5.60. The van der Waals surface area contributed by atoms with Crippen LogP contribution in [0.4, 0.5) is 11.6 Å². The number of H-pyrrole nitrogens is 1. The normalized spacial score (nSPS) is 13.9. The summed E-state index contributed by atoms with van der Waals surface area (Å²) in [6, 6.07) is 12.9. The van der Waals surface area contributed by atoms with Gasteiger partial charge in [0.05, 0.1) is 11.4 Å². The van der Waals surface area contributed by atoms with E-state index in [1.54, 1.807) is 44.7 Å². The van der Waals surface area contributed by atoms with Gasteiger partial charge in [-0.15, -0.1) is 0 Å². The van der Waals surface area contributed by atoms with E-state index in [4.69, 9.17) is 4.74 Å². The molecule has 0 bridgehead atoms. The molecule has 4 aromatic rings. The van der Waals surface area contributed by atoms with E-state index in [0.29, 0.717) is 28.8 Å². The number of anilines is 2. The number of carbonyl (C=O) groups excluding carboxylic acids is 2. The number of nitrogens with one attached hydrogen (secondary N) is 2. The van der Waals surface area contributed by atoms with Gasteiger partial charge >= 0.3 is 0 Å². The molecule has 11 nitrogen and oxygen atoms in total. The minimum absolute atomic E-state index is 0.0182. The van der Waals surface area contributed by atoms with Gasteiger partial charge in [0.1, 0.15) is 11.4 Å². The van der Waals surface area contributed by atoms with Crippen molar-refractivity contribution in [2.24, 2.45) is 0 Å². The molecule has 11 heteroatoms. The maximum Gasteiger partial charge on any atom is 0.270 e. The molecule has 1 aliphatic rings. The van der Waals surface area contributed by atoms with Crippen molar-refractivity contribution in [2.75, 3.05) is 59.2 Å². The van der Waals surface area contributed by atoms with E-state index in [2.05, 4.69) is 37.2 Å². The lowest BCUT2D eigenvalue weighted by atomic mass is 10.2. The molecule has 2 amide bonds. The van der Waals surface area contributed by atoms with Crippen molar-refractivity contribution in [3.8, 4) is 17.1 Å². The molecule has 0 radical (unpaired) electrons. The number of hydrogen-bond acceptors (Lipinski definition) is 8. The lowest BCUT2D eigenvalue weighted by Gasteiger charge is -2.32.